The lowest BCUT2D eigenvalue weighted by molar-refractivity contribution is -0.152. The van der Waals surface area contributed by atoms with E-state index in [1.165, 1.54) is 12.1 Å². The van der Waals surface area contributed by atoms with Gasteiger partial charge >= 0.3 is 5.97 Å². The molecule has 30 heavy (non-hydrogen) atoms. The molecule has 1 saturated carbocycles. The molecule has 1 aromatic rings. The number of nitrogens with zero attached hydrogens (tertiary/aromatic N) is 1. The Balaban J connectivity index is 1.71. The predicted molar refractivity (Wildman–Crippen MR) is 113 cm³/mol. The van der Waals surface area contributed by atoms with Crippen molar-refractivity contribution in [3.05, 3.63) is 24.3 Å². The van der Waals surface area contributed by atoms with Crippen LogP contribution in [-0.4, -0.2) is 58.0 Å². The number of hydrogen-bond acceptors (Lipinski definition) is 6. The Morgan fingerprint density at radius 3 is 2.37 bits per heavy atom. The Morgan fingerprint density at radius 2 is 1.77 bits per heavy atom. The van der Waals surface area contributed by atoms with E-state index in [0.717, 1.165) is 25.7 Å². The lowest BCUT2D eigenvalue weighted by Gasteiger charge is -2.33. The van der Waals surface area contributed by atoms with Crippen LogP contribution in [-0.2, 0) is 24.3 Å². The maximum absolute atomic E-state index is 12.3. The number of sulfonamides is 1. The molecule has 0 aromatic heterocycles. The summed E-state index contributed by atoms with van der Waals surface area (Å²) in [6.45, 7) is 4.10. The van der Waals surface area contributed by atoms with Gasteiger partial charge in [0.25, 0.3) is 5.91 Å². The van der Waals surface area contributed by atoms with Gasteiger partial charge in [0.1, 0.15) is 5.75 Å². The van der Waals surface area contributed by atoms with Crippen LogP contribution in [0, 0.1) is 5.92 Å². The molecule has 8 nitrogen and oxygen atoms in total. The summed E-state index contributed by atoms with van der Waals surface area (Å²) in [4.78, 5) is 25.9. The molecule has 0 atom stereocenters. The van der Waals surface area contributed by atoms with Gasteiger partial charge in [0.15, 0.2) is 6.61 Å². The SMILES string of the molecule is CCOc1ccc(S(=O)(=O)NCCC(=O)OCC(=O)N(C)C2CCC(C)CC2)cc1. The summed E-state index contributed by atoms with van der Waals surface area (Å²) in [6, 6.07) is 6.20. The number of amides is 1. The van der Waals surface area contributed by atoms with Crippen molar-refractivity contribution in [2.24, 2.45) is 5.92 Å². The first kappa shape index (κ1) is 24.1. The molecule has 1 aliphatic carbocycles. The number of nitrogens with one attached hydrogen (secondary N) is 1. The van der Waals surface area contributed by atoms with Crippen molar-refractivity contribution in [1.82, 2.24) is 9.62 Å². The smallest absolute Gasteiger partial charge is 0.307 e. The molecule has 1 aliphatic rings. The normalized spacial score (nSPS) is 19.2. The first-order valence-electron chi connectivity index (χ1n) is 10.4. The number of likely N-dealkylation sites (N-methyl/N-ethyl adjacent to an activating group) is 1. The number of esters is 1. The average Bonchev–Trinajstić information content (AvgIpc) is 2.72. The Labute approximate surface area is 179 Å². The third kappa shape index (κ3) is 7.28. The van der Waals surface area contributed by atoms with Crippen LogP contribution < -0.4 is 9.46 Å². The number of benzene rings is 1. The van der Waals surface area contributed by atoms with Crippen molar-refractivity contribution >= 4 is 21.9 Å². The van der Waals surface area contributed by atoms with Gasteiger partial charge in [0.2, 0.25) is 10.0 Å². The molecule has 1 amide bonds. The van der Waals surface area contributed by atoms with Gasteiger partial charge in [0, 0.05) is 19.6 Å². The fourth-order valence-electron chi connectivity index (χ4n) is 3.40. The molecule has 2 rings (SSSR count). The minimum absolute atomic E-state index is 0.0814. The van der Waals surface area contributed by atoms with Gasteiger partial charge in [-0.3, -0.25) is 9.59 Å². The van der Waals surface area contributed by atoms with E-state index >= 15 is 0 Å². The summed E-state index contributed by atoms with van der Waals surface area (Å²) in [6.07, 6.45) is 3.96. The molecular formula is C21H32N2O6S. The van der Waals surface area contributed by atoms with Crippen LogP contribution >= 0.6 is 0 Å². The van der Waals surface area contributed by atoms with Crippen molar-refractivity contribution in [2.45, 2.75) is 56.9 Å². The molecule has 1 N–H and O–H groups in total. The fourth-order valence-corrected chi connectivity index (χ4v) is 4.43. The van der Waals surface area contributed by atoms with Gasteiger partial charge in [-0.15, -0.1) is 0 Å². The van der Waals surface area contributed by atoms with Crippen LogP contribution in [0.15, 0.2) is 29.2 Å². The monoisotopic (exact) mass is 440 g/mol. The highest BCUT2D eigenvalue weighted by Gasteiger charge is 2.25. The van der Waals surface area contributed by atoms with Gasteiger partial charge in [-0.2, -0.15) is 0 Å². The molecule has 0 bridgehead atoms. The second-order valence-electron chi connectivity index (χ2n) is 7.63. The van der Waals surface area contributed by atoms with Gasteiger partial charge < -0.3 is 14.4 Å². The van der Waals surface area contributed by atoms with E-state index in [9.17, 15) is 18.0 Å². The lowest BCUT2D eigenvalue weighted by Crippen LogP contribution is -2.41. The van der Waals surface area contributed by atoms with E-state index in [2.05, 4.69) is 11.6 Å². The van der Waals surface area contributed by atoms with Crippen molar-refractivity contribution in [2.75, 3.05) is 26.8 Å². The zero-order valence-electron chi connectivity index (χ0n) is 17.9. The third-order valence-electron chi connectivity index (χ3n) is 5.35. The molecule has 0 aliphatic heterocycles. The van der Waals surface area contributed by atoms with Crippen molar-refractivity contribution in [3.8, 4) is 5.75 Å². The van der Waals surface area contributed by atoms with Crippen molar-refractivity contribution < 1.29 is 27.5 Å². The van der Waals surface area contributed by atoms with Gasteiger partial charge in [-0.25, -0.2) is 13.1 Å². The number of hydrogen-bond donors (Lipinski definition) is 1. The molecule has 1 fully saturated rings. The molecule has 9 heteroatoms. The second kappa shape index (κ2) is 11.3. The molecule has 0 unspecified atom stereocenters. The largest absolute Gasteiger partial charge is 0.494 e. The van der Waals surface area contributed by atoms with Crippen LogP contribution in [0.25, 0.3) is 0 Å². The van der Waals surface area contributed by atoms with Crippen LogP contribution in [0.3, 0.4) is 0 Å². The zero-order valence-corrected chi connectivity index (χ0v) is 18.7. The highest BCUT2D eigenvalue weighted by molar-refractivity contribution is 7.89. The number of carbonyl (C=O) groups is 2. The maximum Gasteiger partial charge on any atom is 0.307 e. The number of carbonyl (C=O) groups excluding carboxylic acids is 2. The first-order valence-corrected chi connectivity index (χ1v) is 11.8. The second-order valence-corrected chi connectivity index (χ2v) is 9.40. The Morgan fingerprint density at radius 1 is 1.13 bits per heavy atom. The first-order chi connectivity index (χ1) is 14.2. The molecule has 1 aromatic carbocycles. The third-order valence-corrected chi connectivity index (χ3v) is 6.83. The Hall–Kier alpha value is -2.13. The van der Waals surface area contributed by atoms with Crippen molar-refractivity contribution in [3.63, 3.8) is 0 Å². The zero-order chi connectivity index (χ0) is 22.1. The number of ether oxygens (including phenoxy) is 2. The quantitative estimate of drug-likeness (QED) is 0.560. The minimum Gasteiger partial charge on any atom is -0.494 e. The molecule has 0 spiro atoms. The molecule has 0 radical (unpaired) electrons. The predicted octanol–water partition coefficient (Wildman–Crippen LogP) is 2.33. The molecule has 0 saturated heterocycles. The Kier molecular flexibility index (Phi) is 9.10. The molecule has 168 valence electrons. The summed E-state index contributed by atoms with van der Waals surface area (Å²) in [5.41, 5.74) is 0. The van der Waals surface area contributed by atoms with Crippen LogP contribution in [0.5, 0.6) is 5.75 Å². The van der Waals surface area contributed by atoms with Gasteiger partial charge in [0.05, 0.1) is 17.9 Å². The maximum atomic E-state index is 12.3. The van der Waals surface area contributed by atoms with E-state index in [1.54, 1.807) is 24.1 Å². The van der Waals surface area contributed by atoms with E-state index in [1.807, 2.05) is 6.92 Å². The van der Waals surface area contributed by atoms with E-state index in [4.69, 9.17) is 9.47 Å². The van der Waals surface area contributed by atoms with Gasteiger partial charge in [-0.1, -0.05) is 6.92 Å². The Bertz CT molecular complexity index is 801. The standard InChI is InChI=1S/C21H32N2O6S/c1-4-28-18-9-11-19(12-10-18)30(26,27)22-14-13-21(25)29-15-20(24)23(3)17-7-5-16(2)6-8-17/h9-12,16-17,22H,4-8,13-15H2,1-3H3. The minimum atomic E-state index is -3.74. The van der Waals surface area contributed by atoms with Crippen LogP contribution in [0.2, 0.25) is 0 Å². The van der Waals surface area contributed by atoms with E-state index in [0.29, 0.717) is 18.3 Å². The van der Waals surface area contributed by atoms with E-state index in [-0.39, 0.29) is 36.4 Å². The molecule has 0 heterocycles. The van der Waals surface area contributed by atoms with Gasteiger partial charge in [-0.05, 0) is 62.8 Å². The summed E-state index contributed by atoms with van der Waals surface area (Å²) >= 11 is 0. The topological polar surface area (TPSA) is 102 Å². The summed E-state index contributed by atoms with van der Waals surface area (Å²) < 4.78 is 37.2. The summed E-state index contributed by atoms with van der Waals surface area (Å²) in [5, 5.41) is 0. The van der Waals surface area contributed by atoms with Crippen LogP contribution in [0.1, 0.15) is 46.0 Å². The van der Waals surface area contributed by atoms with Crippen molar-refractivity contribution in [1.29, 1.82) is 0 Å². The average molecular weight is 441 g/mol. The highest BCUT2D eigenvalue weighted by atomic mass is 32.2. The van der Waals surface area contributed by atoms with Crippen LogP contribution in [0.4, 0.5) is 0 Å². The van der Waals surface area contributed by atoms with E-state index < -0.39 is 16.0 Å². The lowest BCUT2D eigenvalue weighted by atomic mass is 9.87. The number of rotatable bonds is 10. The summed E-state index contributed by atoms with van der Waals surface area (Å²) in [7, 11) is -2.00. The highest BCUT2D eigenvalue weighted by Crippen LogP contribution is 2.26. The fraction of sp³-hybridized carbons (Fsp3) is 0.619. The summed E-state index contributed by atoms with van der Waals surface area (Å²) in [5.74, 6) is 0.410. The molecular weight excluding hydrogens is 408 g/mol.